The molecule has 1 atom stereocenters. The summed E-state index contributed by atoms with van der Waals surface area (Å²) in [5.41, 5.74) is 0.829. The number of rotatable bonds is 4. The van der Waals surface area contributed by atoms with Crippen LogP contribution in [0.25, 0.3) is 0 Å². The Kier molecular flexibility index (Phi) is 4.28. The van der Waals surface area contributed by atoms with E-state index in [4.69, 9.17) is 0 Å². The largest absolute Gasteiger partial charge is 0.382 e. The summed E-state index contributed by atoms with van der Waals surface area (Å²) in [6, 6.07) is 6.19. The van der Waals surface area contributed by atoms with Crippen LogP contribution in [0, 0.1) is 10.1 Å². The van der Waals surface area contributed by atoms with Gasteiger partial charge in [0.15, 0.2) is 0 Å². The summed E-state index contributed by atoms with van der Waals surface area (Å²) >= 11 is 0. The van der Waals surface area contributed by atoms with Crippen LogP contribution in [0.4, 0.5) is 5.69 Å². The molecule has 18 heavy (non-hydrogen) atoms. The van der Waals surface area contributed by atoms with Crippen LogP contribution >= 0.6 is 0 Å². The minimum absolute atomic E-state index is 0.0660. The van der Waals surface area contributed by atoms with Crippen LogP contribution in [0.1, 0.15) is 30.9 Å². The second-order valence-corrected chi connectivity index (χ2v) is 4.88. The number of nitrogens with zero attached hydrogens (tertiary/aromatic N) is 1. The normalized spacial score (nSPS) is 18.5. The fraction of sp³-hybridized carbons (Fsp3) is 0.538. The molecule has 1 saturated heterocycles. The van der Waals surface area contributed by atoms with Crippen molar-refractivity contribution in [3.8, 4) is 0 Å². The Balaban J connectivity index is 1.95. The van der Waals surface area contributed by atoms with Crippen molar-refractivity contribution in [2.75, 3.05) is 19.6 Å². The van der Waals surface area contributed by atoms with Crippen molar-refractivity contribution >= 4 is 5.69 Å². The first-order valence-corrected chi connectivity index (χ1v) is 6.43. The number of benzene rings is 1. The van der Waals surface area contributed by atoms with Gasteiger partial charge in [0.2, 0.25) is 0 Å². The second kappa shape index (κ2) is 5.93. The molecule has 0 bridgehead atoms. The molecule has 0 unspecified atom stereocenters. The SMILES string of the molecule is O=[N+]([O-])c1ccc([C@@H](O)C[NH+]2CCCCC2)cc1. The third kappa shape index (κ3) is 3.27. The van der Waals surface area contributed by atoms with E-state index in [-0.39, 0.29) is 5.69 Å². The van der Waals surface area contributed by atoms with Crippen molar-refractivity contribution in [1.29, 1.82) is 0 Å². The average molecular weight is 251 g/mol. The van der Waals surface area contributed by atoms with Gasteiger partial charge in [-0.3, -0.25) is 10.1 Å². The fourth-order valence-electron chi connectivity index (χ4n) is 2.47. The minimum atomic E-state index is -0.529. The van der Waals surface area contributed by atoms with Crippen molar-refractivity contribution in [3.63, 3.8) is 0 Å². The van der Waals surface area contributed by atoms with Crippen LogP contribution in [0.5, 0.6) is 0 Å². The molecule has 5 nitrogen and oxygen atoms in total. The highest BCUT2D eigenvalue weighted by atomic mass is 16.6. The van der Waals surface area contributed by atoms with Gasteiger partial charge in [-0.1, -0.05) is 0 Å². The monoisotopic (exact) mass is 251 g/mol. The Hall–Kier alpha value is -1.46. The summed E-state index contributed by atoms with van der Waals surface area (Å²) < 4.78 is 0. The molecule has 0 saturated carbocycles. The van der Waals surface area contributed by atoms with Gasteiger partial charge in [0.25, 0.3) is 5.69 Å². The van der Waals surface area contributed by atoms with Gasteiger partial charge in [-0.2, -0.15) is 0 Å². The minimum Gasteiger partial charge on any atom is -0.382 e. The highest BCUT2D eigenvalue weighted by Crippen LogP contribution is 2.16. The second-order valence-electron chi connectivity index (χ2n) is 4.88. The molecule has 1 aromatic carbocycles. The number of aliphatic hydroxyl groups is 1. The summed E-state index contributed by atoms with van der Waals surface area (Å²) in [6.07, 6.45) is 3.21. The highest BCUT2D eigenvalue weighted by molar-refractivity contribution is 5.33. The van der Waals surface area contributed by atoms with Crippen LogP contribution < -0.4 is 4.90 Å². The maximum absolute atomic E-state index is 10.5. The van der Waals surface area contributed by atoms with Crippen LogP contribution in [-0.4, -0.2) is 29.7 Å². The standard InChI is InChI=1S/C13H18N2O3/c16-13(10-14-8-2-1-3-9-14)11-4-6-12(7-5-11)15(17)18/h4-7,13,16H,1-3,8-10H2/p+1/t13-/m0/s1. The Labute approximate surface area is 106 Å². The van der Waals surface area contributed by atoms with Crippen molar-refractivity contribution < 1.29 is 14.9 Å². The Morgan fingerprint density at radius 1 is 1.22 bits per heavy atom. The van der Waals surface area contributed by atoms with Crippen LogP contribution in [0.2, 0.25) is 0 Å². The molecular weight excluding hydrogens is 232 g/mol. The Morgan fingerprint density at radius 3 is 2.39 bits per heavy atom. The van der Waals surface area contributed by atoms with Gasteiger partial charge in [0.05, 0.1) is 18.0 Å². The molecule has 0 radical (unpaired) electrons. The van der Waals surface area contributed by atoms with Gasteiger partial charge < -0.3 is 10.0 Å². The van der Waals surface area contributed by atoms with E-state index in [1.807, 2.05) is 0 Å². The molecule has 0 aromatic heterocycles. The van der Waals surface area contributed by atoms with E-state index < -0.39 is 11.0 Å². The van der Waals surface area contributed by atoms with E-state index in [9.17, 15) is 15.2 Å². The highest BCUT2D eigenvalue weighted by Gasteiger charge is 2.19. The first-order chi connectivity index (χ1) is 8.66. The molecule has 0 amide bonds. The lowest BCUT2D eigenvalue weighted by atomic mass is 10.1. The van der Waals surface area contributed by atoms with Crippen LogP contribution in [0.3, 0.4) is 0 Å². The quantitative estimate of drug-likeness (QED) is 0.611. The lowest BCUT2D eigenvalue weighted by Gasteiger charge is -2.25. The predicted molar refractivity (Wildman–Crippen MR) is 67.5 cm³/mol. The lowest BCUT2D eigenvalue weighted by Crippen LogP contribution is -3.13. The number of aliphatic hydroxyl groups excluding tert-OH is 1. The molecule has 5 heteroatoms. The Bertz CT molecular complexity index is 399. The Morgan fingerprint density at radius 2 is 1.83 bits per heavy atom. The molecule has 1 heterocycles. The number of hydrogen-bond donors (Lipinski definition) is 2. The molecule has 1 fully saturated rings. The summed E-state index contributed by atoms with van der Waals surface area (Å²) in [7, 11) is 0. The van der Waals surface area contributed by atoms with Gasteiger partial charge in [-0.05, 0) is 37.0 Å². The van der Waals surface area contributed by atoms with Gasteiger partial charge in [-0.25, -0.2) is 0 Å². The fourth-order valence-corrected chi connectivity index (χ4v) is 2.47. The van der Waals surface area contributed by atoms with Gasteiger partial charge in [-0.15, -0.1) is 0 Å². The number of quaternary nitrogens is 1. The van der Waals surface area contributed by atoms with E-state index in [1.54, 1.807) is 12.1 Å². The third-order valence-corrected chi connectivity index (χ3v) is 3.53. The van der Waals surface area contributed by atoms with Crippen molar-refractivity contribution in [1.82, 2.24) is 0 Å². The van der Waals surface area contributed by atoms with Gasteiger partial charge in [0.1, 0.15) is 12.6 Å². The molecule has 2 N–H and O–H groups in total. The smallest absolute Gasteiger partial charge is 0.269 e. The number of nitro groups is 1. The maximum Gasteiger partial charge on any atom is 0.269 e. The van der Waals surface area contributed by atoms with Gasteiger partial charge in [0, 0.05) is 12.1 Å². The number of non-ortho nitro benzene ring substituents is 1. The molecule has 0 aliphatic carbocycles. The van der Waals surface area contributed by atoms with E-state index in [0.29, 0.717) is 6.54 Å². The van der Waals surface area contributed by atoms with E-state index in [0.717, 1.165) is 18.7 Å². The first-order valence-electron chi connectivity index (χ1n) is 6.43. The van der Waals surface area contributed by atoms with Crippen molar-refractivity contribution in [3.05, 3.63) is 39.9 Å². The van der Waals surface area contributed by atoms with E-state index >= 15 is 0 Å². The molecule has 0 spiro atoms. The van der Waals surface area contributed by atoms with Crippen LogP contribution in [0.15, 0.2) is 24.3 Å². The zero-order chi connectivity index (χ0) is 13.0. The van der Waals surface area contributed by atoms with Crippen molar-refractivity contribution in [2.24, 2.45) is 0 Å². The molecule has 1 aliphatic heterocycles. The van der Waals surface area contributed by atoms with Crippen LogP contribution in [-0.2, 0) is 0 Å². The number of hydrogen-bond acceptors (Lipinski definition) is 3. The number of nitrogens with one attached hydrogen (secondary N) is 1. The lowest BCUT2D eigenvalue weighted by molar-refractivity contribution is -0.908. The maximum atomic E-state index is 10.5. The van der Waals surface area contributed by atoms with E-state index in [2.05, 4.69) is 0 Å². The summed E-state index contributed by atoms with van der Waals surface area (Å²) in [5.74, 6) is 0. The number of nitro benzene ring substituents is 1. The third-order valence-electron chi connectivity index (χ3n) is 3.53. The van der Waals surface area contributed by atoms with Gasteiger partial charge >= 0.3 is 0 Å². The predicted octanol–water partition coefficient (Wildman–Crippen LogP) is 0.697. The average Bonchev–Trinajstić information content (AvgIpc) is 2.40. The summed E-state index contributed by atoms with van der Waals surface area (Å²) in [5, 5.41) is 20.6. The molecule has 98 valence electrons. The topological polar surface area (TPSA) is 67.8 Å². The molecule has 1 aromatic rings. The zero-order valence-electron chi connectivity index (χ0n) is 10.3. The molecule has 1 aliphatic rings. The summed E-state index contributed by atoms with van der Waals surface area (Å²) in [4.78, 5) is 11.5. The number of piperidine rings is 1. The number of likely N-dealkylation sites (tertiary alicyclic amines) is 1. The summed E-state index contributed by atoms with van der Waals surface area (Å²) in [6.45, 7) is 2.92. The molecule has 2 rings (SSSR count). The zero-order valence-corrected chi connectivity index (χ0v) is 10.3. The molecular formula is C13H19N2O3+. The van der Waals surface area contributed by atoms with Crippen molar-refractivity contribution in [2.45, 2.75) is 25.4 Å². The first kappa shape index (κ1) is 13.0. The van der Waals surface area contributed by atoms with E-state index in [1.165, 1.54) is 36.3 Å².